The van der Waals surface area contributed by atoms with Gasteiger partial charge in [0.05, 0.1) is 4.47 Å². The van der Waals surface area contributed by atoms with Gasteiger partial charge in [-0.2, -0.15) is 16.7 Å². The predicted molar refractivity (Wildman–Crippen MR) is 82.5 cm³/mol. The van der Waals surface area contributed by atoms with E-state index in [2.05, 4.69) is 42.8 Å². The second-order valence-corrected chi connectivity index (χ2v) is 6.42. The molecule has 1 aromatic rings. The SMILES string of the molecule is CCNc1ncc(Br)c(NC2CCC(SC)C2)n1. The van der Waals surface area contributed by atoms with Gasteiger partial charge in [-0.25, -0.2) is 4.98 Å². The number of aromatic nitrogens is 2. The minimum absolute atomic E-state index is 0.531. The fraction of sp³-hybridized carbons (Fsp3) is 0.667. The minimum atomic E-state index is 0.531. The molecule has 2 rings (SSSR count). The lowest BCUT2D eigenvalue weighted by Crippen LogP contribution is -2.18. The van der Waals surface area contributed by atoms with Crippen LogP contribution in [0.3, 0.4) is 0 Å². The van der Waals surface area contributed by atoms with Crippen LogP contribution in [0.2, 0.25) is 0 Å². The van der Waals surface area contributed by atoms with Gasteiger partial charge in [0, 0.05) is 24.0 Å². The third kappa shape index (κ3) is 3.51. The summed E-state index contributed by atoms with van der Waals surface area (Å²) in [7, 11) is 0. The van der Waals surface area contributed by atoms with Crippen molar-refractivity contribution in [3.63, 3.8) is 0 Å². The first-order valence-electron chi connectivity index (χ1n) is 6.28. The summed E-state index contributed by atoms with van der Waals surface area (Å²) in [6, 6.07) is 0.531. The molecular formula is C12H19BrN4S. The van der Waals surface area contributed by atoms with Gasteiger partial charge >= 0.3 is 0 Å². The Kier molecular flexibility index (Phi) is 5.12. The maximum absolute atomic E-state index is 4.49. The van der Waals surface area contributed by atoms with Gasteiger partial charge in [-0.3, -0.25) is 0 Å². The Morgan fingerprint density at radius 3 is 3.00 bits per heavy atom. The molecule has 100 valence electrons. The van der Waals surface area contributed by atoms with Crippen molar-refractivity contribution in [1.82, 2.24) is 9.97 Å². The molecular weight excluding hydrogens is 312 g/mol. The zero-order valence-corrected chi connectivity index (χ0v) is 13.1. The molecule has 2 N–H and O–H groups in total. The largest absolute Gasteiger partial charge is 0.366 e. The molecule has 0 radical (unpaired) electrons. The van der Waals surface area contributed by atoms with Crippen LogP contribution in [-0.4, -0.2) is 34.1 Å². The molecule has 1 saturated carbocycles. The molecule has 1 aliphatic carbocycles. The highest BCUT2D eigenvalue weighted by atomic mass is 79.9. The van der Waals surface area contributed by atoms with Gasteiger partial charge in [-0.05, 0) is 48.4 Å². The number of rotatable bonds is 5. The van der Waals surface area contributed by atoms with Crippen molar-refractivity contribution in [2.75, 3.05) is 23.4 Å². The van der Waals surface area contributed by atoms with E-state index in [1.165, 1.54) is 19.3 Å². The molecule has 0 amide bonds. The smallest absolute Gasteiger partial charge is 0.224 e. The molecule has 0 spiro atoms. The van der Waals surface area contributed by atoms with E-state index >= 15 is 0 Å². The molecule has 6 heteroatoms. The zero-order valence-electron chi connectivity index (χ0n) is 10.7. The normalized spacial score (nSPS) is 23.1. The number of hydrogen-bond acceptors (Lipinski definition) is 5. The van der Waals surface area contributed by atoms with Crippen LogP contribution in [0.5, 0.6) is 0 Å². The van der Waals surface area contributed by atoms with Crippen LogP contribution in [-0.2, 0) is 0 Å². The highest BCUT2D eigenvalue weighted by Gasteiger charge is 2.24. The maximum Gasteiger partial charge on any atom is 0.224 e. The van der Waals surface area contributed by atoms with Crippen molar-refractivity contribution >= 4 is 39.5 Å². The van der Waals surface area contributed by atoms with E-state index in [-0.39, 0.29) is 0 Å². The molecule has 1 heterocycles. The van der Waals surface area contributed by atoms with Gasteiger partial charge in [-0.15, -0.1) is 0 Å². The molecule has 4 nitrogen and oxygen atoms in total. The van der Waals surface area contributed by atoms with Gasteiger partial charge in [0.2, 0.25) is 5.95 Å². The topological polar surface area (TPSA) is 49.8 Å². The van der Waals surface area contributed by atoms with Crippen molar-refractivity contribution < 1.29 is 0 Å². The van der Waals surface area contributed by atoms with E-state index in [1.54, 1.807) is 6.20 Å². The summed E-state index contributed by atoms with van der Waals surface area (Å²) in [6.45, 7) is 2.87. The third-order valence-electron chi connectivity index (χ3n) is 3.14. The van der Waals surface area contributed by atoms with Crippen molar-refractivity contribution in [3.05, 3.63) is 10.7 Å². The Labute approximate surface area is 121 Å². The van der Waals surface area contributed by atoms with Crippen molar-refractivity contribution in [3.8, 4) is 0 Å². The fourth-order valence-corrected chi connectivity index (χ4v) is 3.29. The molecule has 0 aromatic carbocycles. The predicted octanol–water partition coefficient (Wildman–Crippen LogP) is 3.37. The lowest BCUT2D eigenvalue weighted by molar-refractivity contribution is 0.750. The van der Waals surface area contributed by atoms with E-state index < -0.39 is 0 Å². The Hall–Kier alpha value is -0.490. The van der Waals surface area contributed by atoms with E-state index in [9.17, 15) is 0 Å². The second kappa shape index (κ2) is 6.61. The lowest BCUT2D eigenvalue weighted by atomic mass is 10.2. The summed E-state index contributed by atoms with van der Waals surface area (Å²) < 4.78 is 0.928. The molecule has 1 fully saturated rings. The van der Waals surface area contributed by atoms with Crippen LogP contribution in [0.4, 0.5) is 11.8 Å². The molecule has 1 aromatic heterocycles. The number of nitrogens with one attached hydrogen (secondary N) is 2. The van der Waals surface area contributed by atoms with Crippen LogP contribution in [0.1, 0.15) is 26.2 Å². The average molecular weight is 331 g/mol. The number of thioether (sulfide) groups is 1. The van der Waals surface area contributed by atoms with Crippen molar-refractivity contribution in [2.24, 2.45) is 0 Å². The van der Waals surface area contributed by atoms with Crippen LogP contribution in [0.15, 0.2) is 10.7 Å². The molecule has 2 atom stereocenters. The summed E-state index contributed by atoms with van der Waals surface area (Å²) >= 11 is 5.47. The summed E-state index contributed by atoms with van der Waals surface area (Å²) in [5, 5.41) is 7.44. The minimum Gasteiger partial charge on any atom is -0.366 e. The molecule has 18 heavy (non-hydrogen) atoms. The zero-order chi connectivity index (χ0) is 13.0. The Morgan fingerprint density at radius 2 is 2.33 bits per heavy atom. The number of halogens is 1. The first kappa shape index (κ1) is 13.9. The standard InChI is InChI=1S/C12H19BrN4S/c1-3-14-12-15-7-10(13)11(17-12)16-8-4-5-9(6-8)18-2/h7-9H,3-6H2,1-2H3,(H2,14,15,16,17). The van der Waals surface area contributed by atoms with E-state index in [4.69, 9.17) is 0 Å². The van der Waals surface area contributed by atoms with E-state index in [1.807, 2.05) is 18.7 Å². The summed E-state index contributed by atoms with van der Waals surface area (Å²) in [6.07, 6.45) is 7.72. The van der Waals surface area contributed by atoms with Gasteiger partial charge in [0.1, 0.15) is 5.82 Å². The quantitative estimate of drug-likeness (QED) is 0.866. The lowest BCUT2D eigenvalue weighted by Gasteiger charge is -2.15. The molecule has 0 bridgehead atoms. The van der Waals surface area contributed by atoms with Gasteiger partial charge < -0.3 is 10.6 Å². The maximum atomic E-state index is 4.49. The second-order valence-electron chi connectivity index (χ2n) is 4.43. The van der Waals surface area contributed by atoms with Crippen LogP contribution in [0, 0.1) is 0 Å². The van der Waals surface area contributed by atoms with E-state index in [0.29, 0.717) is 12.0 Å². The van der Waals surface area contributed by atoms with Gasteiger partial charge in [0.25, 0.3) is 0 Å². The van der Waals surface area contributed by atoms with Crippen molar-refractivity contribution in [2.45, 2.75) is 37.5 Å². The number of nitrogens with zero attached hydrogens (tertiary/aromatic N) is 2. The Balaban J connectivity index is 2.02. The van der Waals surface area contributed by atoms with Gasteiger partial charge in [0.15, 0.2) is 0 Å². The monoisotopic (exact) mass is 330 g/mol. The highest BCUT2D eigenvalue weighted by Crippen LogP contribution is 2.31. The number of hydrogen-bond donors (Lipinski definition) is 2. The fourth-order valence-electron chi connectivity index (χ4n) is 2.19. The molecule has 2 unspecified atom stereocenters. The summed E-state index contributed by atoms with van der Waals surface area (Å²) in [5.74, 6) is 1.58. The van der Waals surface area contributed by atoms with Gasteiger partial charge in [-0.1, -0.05) is 0 Å². The van der Waals surface area contributed by atoms with Crippen LogP contribution >= 0.6 is 27.7 Å². The molecule has 1 aliphatic rings. The van der Waals surface area contributed by atoms with Crippen LogP contribution < -0.4 is 10.6 Å². The first-order chi connectivity index (χ1) is 8.72. The summed E-state index contributed by atoms with van der Waals surface area (Å²) in [5.41, 5.74) is 0. The van der Waals surface area contributed by atoms with E-state index in [0.717, 1.165) is 22.1 Å². The van der Waals surface area contributed by atoms with Crippen LogP contribution in [0.25, 0.3) is 0 Å². The first-order valence-corrected chi connectivity index (χ1v) is 8.36. The summed E-state index contributed by atoms with van der Waals surface area (Å²) in [4.78, 5) is 8.71. The Morgan fingerprint density at radius 1 is 1.50 bits per heavy atom. The van der Waals surface area contributed by atoms with Crippen molar-refractivity contribution in [1.29, 1.82) is 0 Å². The average Bonchev–Trinajstić information content (AvgIpc) is 2.81. The highest BCUT2D eigenvalue weighted by molar-refractivity contribution is 9.10. The number of anilines is 2. The molecule has 0 saturated heterocycles. The third-order valence-corrected chi connectivity index (χ3v) is 4.81. The molecule has 0 aliphatic heterocycles. The Bertz CT molecular complexity index is 402.